The molecule has 2 aromatic rings. The van der Waals surface area contributed by atoms with Crippen molar-refractivity contribution in [3.8, 4) is 11.5 Å². The summed E-state index contributed by atoms with van der Waals surface area (Å²) in [6.45, 7) is 6.99. The van der Waals surface area contributed by atoms with Crippen molar-refractivity contribution in [3.63, 3.8) is 0 Å². The SMILES string of the molecule is C=CC(O)c1cccc(C)c1O.Cc1cccc(C=O)c1O. The first-order valence-corrected chi connectivity index (χ1v) is 6.75. The van der Waals surface area contributed by atoms with Crippen LogP contribution in [0, 0.1) is 13.8 Å². The summed E-state index contributed by atoms with van der Waals surface area (Å²) in [7, 11) is 0. The van der Waals surface area contributed by atoms with Gasteiger partial charge in [-0.1, -0.05) is 36.4 Å². The first kappa shape index (κ1) is 17.5. The summed E-state index contributed by atoms with van der Waals surface area (Å²) >= 11 is 0. The lowest BCUT2D eigenvalue weighted by molar-refractivity contribution is 0.112. The summed E-state index contributed by atoms with van der Waals surface area (Å²) in [5.74, 6) is 0.224. The van der Waals surface area contributed by atoms with Crippen molar-refractivity contribution >= 4 is 6.29 Å². The number of aromatic hydroxyl groups is 2. The molecule has 0 heterocycles. The highest BCUT2D eigenvalue weighted by atomic mass is 16.3. The largest absolute Gasteiger partial charge is 0.507 e. The maximum Gasteiger partial charge on any atom is 0.153 e. The standard InChI is InChI=1S/C10H12O2.C8H8O2/c1-3-9(11)8-6-4-5-7(2)10(8)12;1-6-3-2-4-7(5-9)8(6)10/h3-6,9,11-12H,1H2,2H3;2-5,10H,1H3. The van der Waals surface area contributed by atoms with Gasteiger partial charge in [-0.2, -0.15) is 0 Å². The van der Waals surface area contributed by atoms with Gasteiger partial charge in [-0.3, -0.25) is 4.79 Å². The summed E-state index contributed by atoms with van der Waals surface area (Å²) in [5, 5.41) is 28.0. The minimum absolute atomic E-state index is 0.0810. The zero-order chi connectivity index (χ0) is 16.7. The van der Waals surface area contributed by atoms with E-state index in [0.29, 0.717) is 17.4 Å². The number of carbonyl (C=O) groups excluding carboxylic acids is 1. The van der Waals surface area contributed by atoms with Crippen LogP contribution in [0.1, 0.15) is 33.2 Å². The number of phenols is 2. The van der Waals surface area contributed by atoms with Crippen LogP contribution in [0.2, 0.25) is 0 Å². The Balaban J connectivity index is 0.000000224. The van der Waals surface area contributed by atoms with E-state index in [1.54, 1.807) is 50.2 Å². The zero-order valence-electron chi connectivity index (χ0n) is 12.7. The van der Waals surface area contributed by atoms with Crippen LogP contribution in [0.5, 0.6) is 11.5 Å². The van der Waals surface area contributed by atoms with Crippen LogP contribution in [-0.4, -0.2) is 21.6 Å². The summed E-state index contributed by atoms with van der Waals surface area (Å²) < 4.78 is 0. The van der Waals surface area contributed by atoms with Gasteiger partial charge in [0.1, 0.15) is 17.6 Å². The number of aryl methyl sites for hydroxylation is 2. The van der Waals surface area contributed by atoms with E-state index in [0.717, 1.165) is 11.1 Å². The van der Waals surface area contributed by atoms with Crippen molar-refractivity contribution < 1.29 is 20.1 Å². The number of carbonyl (C=O) groups is 1. The second kappa shape index (κ2) is 8.00. The quantitative estimate of drug-likeness (QED) is 0.599. The molecule has 0 aromatic heterocycles. The lowest BCUT2D eigenvalue weighted by Crippen LogP contribution is -1.93. The van der Waals surface area contributed by atoms with Crippen molar-refractivity contribution in [2.24, 2.45) is 0 Å². The Bertz CT molecular complexity index is 662. The van der Waals surface area contributed by atoms with Crippen molar-refractivity contribution in [2.75, 3.05) is 0 Å². The van der Waals surface area contributed by atoms with E-state index in [1.165, 1.54) is 6.08 Å². The Labute approximate surface area is 130 Å². The fraction of sp³-hybridized carbons (Fsp3) is 0.167. The van der Waals surface area contributed by atoms with E-state index in [2.05, 4.69) is 6.58 Å². The van der Waals surface area contributed by atoms with E-state index in [9.17, 15) is 15.0 Å². The highest BCUT2D eigenvalue weighted by molar-refractivity contribution is 5.79. The second-order valence-electron chi connectivity index (χ2n) is 4.82. The number of rotatable bonds is 3. The Morgan fingerprint density at radius 2 is 1.55 bits per heavy atom. The summed E-state index contributed by atoms with van der Waals surface area (Å²) in [4.78, 5) is 10.2. The molecule has 0 spiro atoms. The molecule has 0 fully saturated rings. The molecule has 0 amide bonds. The molecule has 4 heteroatoms. The molecule has 0 bridgehead atoms. The normalized spacial score (nSPS) is 11.0. The van der Waals surface area contributed by atoms with Gasteiger partial charge < -0.3 is 15.3 Å². The molecule has 116 valence electrons. The summed E-state index contributed by atoms with van der Waals surface area (Å²) in [6.07, 6.45) is 1.24. The third-order valence-corrected chi connectivity index (χ3v) is 3.21. The molecular formula is C18H20O4. The maximum atomic E-state index is 10.2. The van der Waals surface area contributed by atoms with Crippen LogP contribution in [0.3, 0.4) is 0 Å². The molecule has 3 N–H and O–H groups in total. The van der Waals surface area contributed by atoms with Crippen LogP contribution in [-0.2, 0) is 0 Å². The lowest BCUT2D eigenvalue weighted by atomic mass is 10.1. The van der Waals surface area contributed by atoms with E-state index >= 15 is 0 Å². The van der Waals surface area contributed by atoms with Crippen LogP contribution in [0.25, 0.3) is 0 Å². The molecule has 0 saturated heterocycles. The molecule has 1 unspecified atom stereocenters. The predicted molar refractivity (Wildman–Crippen MR) is 86.2 cm³/mol. The molecule has 1 atom stereocenters. The zero-order valence-corrected chi connectivity index (χ0v) is 12.7. The topological polar surface area (TPSA) is 77.8 Å². The summed E-state index contributed by atoms with van der Waals surface area (Å²) in [5.41, 5.74) is 2.34. The Hall–Kier alpha value is -2.59. The van der Waals surface area contributed by atoms with Crippen molar-refractivity contribution in [1.29, 1.82) is 0 Å². The van der Waals surface area contributed by atoms with Crippen LogP contribution < -0.4 is 0 Å². The number of phenolic OH excluding ortho intramolecular Hbond substituents is 2. The fourth-order valence-corrected chi connectivity index (χ4v) is 1.82. The molecule has 0 aliphatic carbocycles. The number of aliphatic hydroxyl groups is 1. The van der Waals surface area contributed by atoms with Gasteiger partial charge in [0.05, 0.1) is 5.56 Å². The Morgan fingerprint density at radius 1 is 1.00 bits per heavy atom. The molecule has 2 rings (SSSR count). The van der Waals surface area contributed by atoms with Gasteiger partial charge in [0, 0.05) is 5.56 Å². The third kappa shape index (κ3) is 4.20. The molecule has 0 radical (unpaired) electrons. The van der Waals surface area contributed by atoms with Gasteiger partial charge in [0.25, 0.3) is 0 Å². The van der Waals surface area contributed by atoms with E-state index in [4.69, 9.17) is 5.11 Å². The molecule has 22 heavy (non-hydrogen) atoms. The Morgan fingerprint density at radius 3 is 2.05 bits per heavy atom. The van der Waals surface area contributed by atoms with E-state index in [1.807, 2.05) is 0 Å². The van der Waals surface area contributed by atoms with Gasteiger partial charge in [0.15, 0.2) is 6.29 Å². The molecule has 0 saturated carbocycles. The lowest BCUT2D eigenvalue weighted by Gasteiger charge is -2.09. The minimum Gasteiger partial charge on any atom is -0.507 e. The minimum atomic E-state index is -0.787. The monoisotopic (exact) mass is 300 g/mol. The highest BCUT2D eigenvalue weighted by Gasteiger charge is 2.09. The van der Waals surface area contributed by atoms with Crippen LogP contribution in [0.4, 0.5) is 0 Å². The van der Waals surface area contributed by atoms with Crippen LogP contribution in [0.15, 0.2) is 49.1 Å². The maximum absolute atomic E-state index is 10.2. The van der Waals surface area contributed by atoms with Gasteiger partial charge in [-0.05, 0) is 31.0 Å². The molecular weight excluding hydrogens is 280 g/mol. The molecule has 4 nitrogen and oxygen atoms in total. The smallest absolute Gasteiger partial charge is 0.153 e. The number of para-hydroxylation sites is 2. The second-order valence-corrected chi connectivity index (χ2v) is 4.82. The van der Waals surface area contributed by atoms with Gasteiger partial charge in [0.2, 0.25) is 0 Å². The van der Waals surface area contributed by atoms with E-state index < -0.39 is 6.10 Å². The molecule has 2 aromatic carbocycles. The number of aliphatic hydroxyl groups excluding tert-OH is 1. The average Bonchev–Trinajstić information content (AvgIpc) is 2.52. The van der Waals surface area contributed by atoms with Crippen molar-refractivity contribution in [3.05, 3.63) is 71.3 Å². The van der Waals surface area contributed by atoms with Crippen molar-refractivity contribution in [1.82, 2.24) is 0 Å². The van der Waals surface area contributed by atoms with Gasteiger partial charge in [-0.15, -0.1) is 6.58 Å². The number of aldehydes is 1. The predicted octanol–water partition coefficient (Wildman–Crippen LogP) is 3.43. The fourth-order valence-electron chi connectivity index (χ4n) is 1.82. The third-order valence-electron chi connectivity index (χ3n) is 3.21. The molecule has 0 aliphatic rings. The average molecular weight is 300 g/mol. The molecule has 0 aliphatic heterocycles. The van der Waals surface area contributed by atoms with Gasteiger partial charge in [-0.25, -0.2) is 0 Å². The Kier molecular flexibility index (Phi) is 6.35. The number of hydrogen-bond acceptors (Lipinski definition) is 4. The van der Waals surface area contributed by atoms with E-state index in [-0.39, 0.29) is 11.5 Å². The van der Waals surface area contributed by atoms with Crippen molar-refractivity contribution in [2.45, 2.75) is 20.0 Å². The first-order chi connectivity index (χ1) is 10.4. The summed E-state index contributed by atoms with van der Waals surface area (Å²) in [6, 6.07) is 10.3. The van der Waals surface area contributed by atoms with Crippen LogP contribution >= 0.6 is 0 Å². The first-order valence-electron chi connectivity index (χ1n) is 6.75. The highest BCUT2D eigenvalue weighted by Crippen LogP contribution is 2.27. The number of hydrogen-bond donors (Lipinski definition) is 3. The number of benzene rings is 2. The van der Waals surface area contributed by atoms with Gasteiger partial charge >= 0.3 is 0 Å².